The molecule has 1 saturated heterocycles. The second-order valence-electron chi connectivity index (χ2n) is 5.07. The molecule has 0 spiro atoms. The van der Waals surface area contributed by atoms with Gasteiger partial charge >= 0.3 is 0 Å². The first-order valence-electron chi connectivity index (χ1n) is 7.01. The maximum Gasteiger partial charge on any atom is 0.123 e. The molecule has 0 radical (unpaired) electrons. The average Bonchev–Trinajstić information content (AvgIpc) is 2.92. The normalized spacial score (nSPS) is 18.1. The van der Waals surface area contributed by atoms with Gasteiger partial charge < -0.3 is 10.1 Å². The summed E-state index contributed by atoms with van der Waals surface area (Å²) in [5.41, 5.74) is 1.18. The summed E-state index contributed by atoms with van der Waals surface area (Å²) < 4.78 is 5.44. The Kier molecular flexibility index (Phi) is 7.67. The van der Waals surface area contributed by atoms with Gasteiger partial charge in [0.05, 0.1) is 7.11 Å². The number of hydrogen-bond acceptors (Lipinski definition) is 3. The van der Waals surface area contributed by atoms with Crippen LogP contribution in [-0.2, 0) is 6.54 Å². The topological polar surface area (TPSA) is 24.5 Å². The minimum atomic E-state index is 0. The fourth-order valence-corrected chi connectivity index (χ4v) is 2.91. The lowest BCUT2D eigenvalue weighted by atomic mass is 10.1. The molecule has 0 aliphatic carbocycles. The number of hydrogen-bond donors (Lipinski definition) is 1. The molecule has 0 bridgehead atoms. The van der Waals surface area contributed by atoms with Crippen molar-refractivity contribution in [1.29, 1.82) is 0 Å². The molecule has 1 fully saturated rings. The maximum absolute atomic E-state index is 6.11. The van der Waals surface area contributed by atoms with E-state index >= 15 is 0 Å². The molecule has 1 unspecified atom stereocenters. The van der Waals surface area contributed by atoms with Gasteiger partial charge in [0, 0.05) is 29.7 Å². The number of rotatable bonds is 6. The van der Waals surface area contributed by atoms with Crippen LogP contribution in [0, 0.1) is 0 Å². The van der Waals surface area contributed by atoms with Crippen molar-refractivity contribution < 1.29 is 4.74 Å². The number of benzene rings is 1. The van der Waals surface area contributed by atoms with E-state index < -0.39 is 0 Å². The van der Waals surface area contributed by atoms with Crippen LogP contribution in [0.25, 0.3) is 0 Å². The Morgan fingerprint density at radius 3 is 2.85 bits per heavy atom. The SMILES string of the molecule is CCCN(Cc1cc(Cl)ccc1OC)C1CCNC1.Cl. The molecule has 1 aliphatic rings. The van der Waals surface area contributed by atoms with Crippen LogP contribution in [0.1, 0.15) is 25.3 Å². The van der Waals surface area contributed by atoms with E-state index in [4.69, 9.17) is 16.3 Å². The quantitative estimate of drug-likeness (QED) is 0.870. The van der Waals surface area contributed by atoms with E-state index in [2.05, 4.69) is 17.1 Å². The van der Waals surface area contributed by atoms with Gasteiger partial charge in [0.25, 0.3) is 0 Å². The molecular formula is C15H24Cl2N2O. The number of nitrogens with zero attached hydrogens (tertiary/aromatic N) is 1. The van der Waals surface area contributed by atoms with Crippen molar-refractivity contribution in [1.82, 2.24) is 10.2 Å². The van der Waals surface area contributed by atoms with Crippen molar-refractivity contribution in [3.8, 4) is 5.75 Å². The van der Waals surface area contributed by atoms with Crippen LogP contribution in [-0.4, -0.2) is 37.7 Å². The lowest BCUT2D eigenvalue weighted by Crippen LogP contribution is -2.37. The predicted molar refractivity (Wildman–Crippen MR) is 87.2 cm³/mol. The highest BCUT2D eigenvalue weighted by molar-refractivity contribution is 6.30. The molecule has 1 atom stereocenters. The molecule has 0 saturated carbocycles. The van der Waals surface area contributed by atoms with Crippen LogP contribution >= 0.6 is 24.0 Å². The fourth-order valence-electron chi connectivity index (χ4n) is 2.72. The zero-order chi connectivity index (χ0) is 13.7. The Morgan fingerprint density at radius 2 is 2.25 bits per heavy atom. The zero-order valence-corrected chi connectivity index (χ0v) is 13.8. The summed E-state index contributed by atoms with van der Waals surface area (Å²) in [7, 11) is 1.72. The number of methoxy groups -OCH3 is 1. The third-order valence-corrected chi connectivity index (χ3v) is 3.91. The molecule has 1 aromatic carbocycles. The van der Waals surface area contributed by atoms with Crippen LogP contribution in [0.5, 0.6) is 5.75 Å². The standard InChI is InChI=1S/C15H23ClN2O.ClH/c1-3-8-18(14-6-7-17-10-14)11-12-9-13(16)4-5-15(12)19-2;/h4-5,9,14,17H,3,6-8,10-11H2,1-2H3;1H. The lowest BCUT2D eigenvalue weighted by Gasteiger charge is -2.28. The van der Waals surface area contributed by atoms with E-state index in [1.165, 1.54) is 18.4 Å². The van der Waals surface area contributed by atoms with Crippen LogP contribution in [0.3, 0.4) is 0 Å². The first-order chi connectivity index (χ1) is 9.24. The predicted octanol–water partition coefficient (Wildman–Crippen LogP) is 3.34. The summed E-state index contributed by atoms with van der Waals surface area (Å²) in [6, 6.07) is 6.48. The molecule has 0 aromatic heterocycles. The second kappa shape index (κ2) is 8.73. The number of halogens is 2. The van der Waals surface area contributed by atoms with Gasteiger partial charge in [-0.25, -0.2) is 0 Å². The molecule has 1 aromatic rings. The van der Waals surface area contributed by atoms with Crippen LogP contribution in [0.4, 0.5) is 0 Å². The first-order valence-corrected chi connectivity index (χ1v) is 7.39. The molecule has 1 aliphatic heterocycles. The highest BCUT2D eigenvalue weighted by Gasteiger charge is 2.22. The fraction of sp³-hybridized carbons (Fsp3) is 0.600. The van der Waals surface area contributed by atoms with Gasteiger partial charge in [-0.3, -0.25) is 4.90 Å². The van der Waals surface area contributed by atoms with Gasteiger partial charge in [0.1, 0.15) is 5.75 Å². The summed E-state index contributed by atoms with van der Waals surface area (Å²) in [6.45, 7) is 6.46. The zero-order valence-electron chi connectivity index (χ0n) is 12.2. The Balaban J connectivity index is 0.00000200. The third kappa shape index (κ3) is 4.52. The second-order valence-corrected chi connectivity index (χ2v) is 5.51. The maximum atomic E-state index is 6.11. The molecule has 1 N–H and O–H groups in total. The van der Waals surface area contributed by atoms with Gasteiger partial charge in [-0.2, -0.15) is 0 Å². The largest absolute Gasteiger partial charge is 0.496 e. The first kappa shape index (κ1) is 17.6. The molecule has 20 heavy (non-hydrogen) atoms. The van der Waals surface area contributed by atoms with E-state index in [0.717, 1.165) is 37.0 Å². The monoisotopic (exact) mass is 318 g/mol. The van der Waals surface area contributed by atoms with E-state index in [1.807, 2.05) is 18.2 Å². The van der Waals surface area contributed by atoms with Gasteiger partial charge in [-0.15, -0.1) is 12.4 Å². The van der Waals surface area contributed by atoms with Crippen molar-refractivity contribution in [3.05, 3.63) is 28.8 Å². The number of ether oxygens (including phenoxy) is 1. The highest BCUT2D eigenvalue weighted by Crippen LogP contribution is 2.25. The highest BCUT2D eigenvalue weighted by atomic mass is 35.5. The van der Waals surface area contributed by atoms with Crippen molar-refractivity contribution in [2.75, 3.05) is 26.7 Å². The van der Waals surface area contributed by atoms with E-state index in [1.54, 1.807) is 7.11 Å². The molecule has 0 amide bonds. The van der Waals surface area contributed by atoms with E-state index in [0.29, 0.717) is 6.04 Å². The van der Waals surface area contributed by atoms with Gasteiger partial charge in [0.2, 0.25) is 0 Å². The van der Waals surface area contributed by atoms with Gasteiger partial charge in [0.15, 0.2) is 0 Å². The van der Waals surface area contributed by atoms with Gasteiger partial charge in [-0.1, -0.05) is 18.5 Å². The van der Waals surface area contributed by atoms with E-state index in [-0.39, 0.29) is 12.4 Å². The molecule has 114 valence electrons. The van der Waals surface area contributed by atoms with Crippen molar-refractivity contribution >= 4 is 24.0 Å². The number of nitrogens with one attached hydrogen (secondary N) is 1. The third-order valence-electron chi connectivity index (χ3n) is 3.68. The Morgan fingerprint density at radius 1 is 1.45 bits per heavy atom. The molecular weight excluding hydrogens is 295 g/mol. The van der Waals surface area contributed by atoms with Crippen molar-refractivity contribution in [3.63, 3.8) is 0 Å². The summed E-state index contributed by atoms with van der Waals surface area (Å²) in [6.07, 6.45) is 2.39. The van der Waals surface area contributed by atoms with Crippen LogP contribution < -0.4 is 10.1 Å². The van der Waals surface area contributed by atoms with E-state index in [9.17, 15) is 0 Å². The lowest BCUT2D eigenvalue weighted by molar-refractivity contribution is 0.197. The summed E-state index contributed by atoms with van der Waals surface area (Å²) in [4.78, 5) is 2.54. The van der Waals surface area contributed by atoms with Crippen LogP contribution in [0.2, 0.25) is 5.02 Å². The molecule has 3 nitrogen and oxygen atoms in total. The molecule has 1 heterocycles. The van der Waals surface area contributed by atoms with Crippen molar-refractivity contribution in [2.45, 2.75) is 32.4 Å². The summed E-state index contributed by atoms with van der Waals surface area (Å²) in [5, 5.41) is 4.21. The minimum absolute atomic E-state index is 0. The Bertz CT molecular complexity index is 409. The van der Waals surface area contributed by atoms with Crippen molar-refractivity contribution in [2.24, 2.45) is 0 Å². The minimum Gasteiger partial charge on any atom is -0.496 e. The smallest absolute Gasteiger partial charge is 0.123 e. The Hall–Kier alpha value is -0.480. The summed E-state index contributed by atoms with van der Waals surface area (Å²) >= 11 is 6.11. The van der Waals surface area contributed by atoms with Crippen LogP contribution in [0.15, 0.2) is 18.2 Å². The molecule has 5 heteroatoms. The molecule has 2 rings (SSSR count). The summed E-state index contributed by atoms with van der Waals surface area (Å²) in [5.74, 6) is 0.927. The Labute approximate surface area is 133 Å². The average molecular weight is 319 g/mol. The van der Waals surface area contributed by atoms with Gasteiger partial charge in [-0.05, 0) is 44.1 Å².